The van der Waals surface area contributed by atoms with Crippen LogP contribution in [-0.4, -0.2) is 26.8 Å². The van der Waals surface area contributed by atoms with Crippen molar-refractivity contribution in [1.82, 2.24) is 19.7 Å². The molecule has 3 aromatic heterocycles. The number of hydrogen-bond donors (Lipinski definition) is 1. The van der Waals surface area contributed by atoms with Crippen molar-refractivity contribution < 1.29 is 9.26 Å². The second kappa shape index (κ2) is 5.87. The van der Waals surface area contributed by atoms with Crippen LogP contribution in [0.5, 0.6) is 5.88 Å². The van der Waals surface area contributed by atoms with Gasteiger partial charge in [-0.3, -0.25) is 4.57 Å². The molecule has 1 aromatic carbocycles. The topological polar surface area (TPSA) is 85.9 Å². The first kappa shape index (κ1) is 16.1. The Labute approximate surface area is 149 Å². The minimum atomic E-state index is -0.181. The SMILES string of the molecule is COc1ncccc1-c1cc(-c2c(C)noc2C)cc2[nH]c(=O)n(C)c12. The Kier molecular flexibility index (Phi) is 3.64. The van der Waals surface area contributed by atoms with Crippen molar-refractivity contribution in [2.75, 3.05) is 7.11 Å². The molecule has 4 aromatic rings. The first-order valence-corrected chi connectivity index (χ1v) is 8.16. The minimum Gasteiger partial charge on any atom is -0.481 e. The zero-order valence-electron chi connectivity index (χ0n) is 15.0. The maximum atomic E-state index is 12.2. The van der Waals surface area contributed by atoms with E-state index in [1.54, 1.807) is 24.9 Å². The molecule has 0 fully saturated rings. The van der Waals surface area contributed by atoms with Gasteiger partial charge in [-0.2, -0.15) is 0 Å². The quantitative estimate of drug-likeness (QED) is 0.613. The Bertz CT molecular complexity index is 1160. The van der Waals surface area contributed by atoms with Gasteiger partial charge >= 0.3 is 5.69 Å². The molecule has 0 saturated carbocycles. The number of hydrogen-bond acceptors (Lipinski definition) is 5. The zero-order chi connectivity index (χ0) is 18.4. The molecule has 0 saturated heterocycles. The molecule has 26 heavy (non-hydrogen) atoms. The predicted molar refractivity (Wildman–Crippen MR) is 98.3 cm³/mol. The van der Waals surface area contributed by atoms with Gasteiger partial charge in [0, 0.05) is 29.9 Å². The van der Waals surface area contributed by atoms with Gasteiger partial charge in [0.2, 0.25) is 5.88 Å². The smallest absolute Gasteiger partial charge is 0.326 e. The molecule has 0 radical (unpaired) electrons. The number of fused-ring (bicyclic) bond motifs is 1. The summed E-state index contributed by atoms with van der Waals surface area (Å²) in [6.45, 7) is 3.77. The lowest BCUT2D eigenvalue weighted by Gasteiger charge is -2.11. The van der Waals surface area contributed by atoms with Crippen molar-refractivity contribution in [3.8, 4) is 28.1 Å². The van der Waals surface area contributed by atoms with E-state index in [1.165, 1.54) is 0 Å². The van der Waals surface area contributed by atoms with E-state index in [-0.39, 0.29) is 5.69 Å². The van der Waals surface area contributed by atoms with E-state index in [0.29, 0.717) is 5.88 Å². The number of aromatic nitrogens is 4. The van der Waals surface area contributed by atoms with Crippen LogP contribution in [0.1, 0.15) is 11.5 Å². The highest BCUT2D eigenvalue weighted by Crippen LogP contribution is 2.37. The number of nitrogens with zero attached hydrogens (tertiary/aromatic N) is 3. The van der Waals surface area contributed by atoms with Gasteiger partial charge in [-0.05, 0) is 43.7 Å². The third-order valence-corrected chi connectivity index (χ3v) is 4.57. The fourth-order valence-electron chi connectivity index (χ4n) is 3.39. The van der Waals surface area contributed by atoms with E-state index < -0.39 is 0 Å². The van der Waals surface area contributed by atoms with Crippen molar-refractivity contribution in [1.29, 1.82) is 0 Å². The van der Waals surface area contributed by atoms with E-state index in [0.717, 1.165) is 44.7 Å². The molecule has 0 atom stereocenters. The molecule has 4 rings (SSSR count). The highest BCUT2D eigenvalue weighted by Gasteiger charge is 2.19. The lowest BCUT2D eigenvalue weighted by atomic mass is 9.97. The summed E-state index contributed by atoms with van der Waals surface area (Å²) in [7, 11) is 3.32. The fourth-order valence-corrected chi connectivity index (χ4v) is 3.39. The number of imidazole rings is 1. The molecule has 1 N–H and O–H groups in total. The average molecular weight is 350 g/mol. The standard InChI is InChI=1S/C19H18N4O3/c1-10-16(11(2)26-22-10)12-8-14(13-6-5-7-20-18(13)25-4)17-15(9-12)21-19(24)23(17)3/h5-9H,1-4H3,(H,21,24). The first-order valence-electron chi connectivity index (χ1n) is 8.16. The lowest BCUT2D eigenvalue weighted by Crippen LogP contribution is -2.12. The second-order valence-electron chi connectivity index (χ2n) is 6.17. The Balaban J connectivity index is 2.12. The fraction of sp³-hybridized carbons (Fsp3) is 0.211. The van der Waals surface area contributed by atoms with Gasteiger partial charge in [-0.1, -0.05) is 5.16 Å². The molecule has 0 aliphatic rings. The van der Waals surface area contributed by atoms with Gasteiger partial charge in [0.15, 0.2) is 0 Å². The third kappa shape index (κ3) is 2.32. The number of pyridine rings is 1. The van der Waals surface area contributed by atoms with Crippen LogP contribution in [0.3, 0.4) is 0 Å². The highest BCUT2D eigenvalue weighted by atomic mass is 16.5. The van der Waals surface area contributed by atoms with Crippen molar-refractivity contribution in [3.63, 3.8) is 0 Å². The van der Waals surface area contributed by atoms with Gasteiger partial charge in [0.25, 0.3) is 0 Å². The predicted octanol–water partition coefficient (Wildman–Crippen LogP) is 3.21. The maximum absolute atomic E-state index is 12.2. The van der Waals surface area contributed by atoms with Crippen LogP contribution < -0.4 is 10.4 Å². The Morgan fingerprint density at radius 2 is 2.04 bits per heavy atom. The molecule has 7 nitrogen and oxygen atoms in total. The molecular formula is C19H18N4O3. The summed E-state index contributed by atoms with van der Waals surface area (Å²) in [4.78, 5) is 19.4. The normalized spacial score (nSPS) is 11.2. The van der Waals surface area contributed by atoms with Crippen LogP contribution in [0.25, 0.3) is 33.3 Å². The van der Waals surface area contributed by atoms with Crippen LogP contribution in [-0.2, 0) is 7.05 Å². The molecule has 0 aliphatic heterocycles. The average Bonchev–Trinajstić information content (AvgIpc) is 3.12. The largest absolute Gasteiger partial charge is 0.481 e. The Hall–Kier alpha value is -3.35. The molecule has 7 heteroatoms. The van der Waals surface area contributed by atoms with E-state index in [4.69, 9.17) is 9.26 Å². The van der Waals surface area contributed by atoms with Gasteiger partial charge in [0.05, 0.1) is 23.8 Å². The van der Waals surface area contributed by atoms with Crippen LogP contribution in [0.15, 0.2) is 39.8 Å². The van der Waals surface area contributed by atoms with Gasteiger partial charge in [-0.15, -0.1) is 0 Å². The second-order valence-corrected chi connectivity index (χ2v) is 6.17. The highest BCUT2D eigenvalue weighted by molar-refractivity contribution is 5.97. The third-order valence-electron chi connectivity index (χ3n) is 4.57. The van der Waals surface area contributed by atoms with E-state index in [2.05, 4.69) is 15.1 Å². The monoisotopic (exact) mass is 350 g/mol. The number of benzene rings is 1. The molecule has 0 bridgehead atoms. The van der Waals surface area contributed by atoms with Crippen molar-refractivity contribution >= 4 is 11.0 Å². The number of H-pyrrole nitrogens is 1. The number of nitrogens with one attached hydrogen (secondary N) is 1. The van der Waals surface area contributed by atoms with E-state index in [9.17, 15) is 4.79 Å². The summed E-state index contributed by atoms with van der Waals surface area (Å²) in [5.74, 6) is 1.22. The van der Waals surface area contributed by atoms with Crippen LogP contribution in [0, 0.1) is 13.8 Å². The Morgan fingerprint density at radius 3 is 2.73 bits per heavy atom. The molecule has 0 amide bonds. The van der Waals surface area contributed by atoms with Gasteiger partial charge < -0.3 is 14.2 Å². The lowest BCUT2D eigenvalue weighted by molar-refractivity contribution is 0.393. The van der Waals surface area contributed by atoms with Crippen LogP contribution in [0.4, 0.5) is 0 Å². The summed E-state index contributed by atoms with van der Waals surface area (Å²) < 4.78 is 12.3. The van der Waals surface area contributed by atoms with E-state index in [1.807, 2.05) is 38.1 Å². The summed E-state index contributed by atoms with van der Waals surface area (Å²) in [5.41, 5.74) is 5.63. The molecule has 0 spiro atoms. The van der Waals surface area contributed by atoms with Crippen molar-refractivity contribution in [3.05, 3.63) is 52.4 Å². The number of ether oxygens (including phenoxy) is 1. The summed E-state index contributed by atoms with van der Waals surface area (Å²) in [6, 6.07) is 7.73. The number of aromatic amines is 1. The first-order chi connectivity index (χ1) is 12.5. The summed E-state index contributed by atoms with van der Waals surface area (Å²) >= 11 is 0. The molecular weight excluding hydrogens is 332 g/mol. The molecule has 0 aliphatic carbocycles. The van der Waals surface area contributed by atoms with Crippen LogP contribution in [0.2, 0.25) is 0 Å². The summed E-state index contributed by atoms with van der Waals surface area (Å²) in [6.07, 6.45) is 1.67. The Morgan fingerprint density at radius 1 is 1.23 bits per heavy atom. The van der Waals surface area contributed by atoms with Gasteiger partial charge in [-0.25, -0.2) is 9.78 Å². The zero-order valence-corrected chi connectivity index (χ0v) is 15.0. The van der Waals surface area contributed by atoms with Crippen molar-refractivity contribution in [2.24, 2.45) is 7.05 Å². The molecule has 132 valence electrons. The van der Waals surface area contributed by atoms with Crippen LogP contribution >= 0.6 is 0 Å². The number of aryl methyl sites for hydroxylation is 3. The van der Waals surface area contributed by atoms with E-state index >= 15 is 0 Å². The molecule has 3 heterocycles. The number of methoxy groups -OCH3 is 1. The summed E-state index contributed by atoms with van der Waals surface area (Å²) in [5, 5.41) is 4.04. The molecule has 0 unspecified atom stereocenters. The minimum absolute atomic E-state index is 0.181. The van der Waals surface area contributed by atoms with Gasteiger partial charge in [0.1, 0.15) is 5.76 Å². The maximum Gasteiger partial charge on any atom is 0.326 e. The van der Waals surface area contributed by atoms with Crippen molar-refractivity contribution in [2.45, 2.75) is 13.8 Å². The number of rotatable bonds is 3.